The Kier molecular flexibility index (Phi) is 31.8. The number of halogens is 5. The summed E-state index contributed by atoms with van der Waals surface area (Å²) in [6.45, 7) is 5.78. The number of ether oxygens (including phenoxy) is 1. The van der Waals surface area contributed by atoms with Crippen LogP contribution in [0.4, 0.5) is 22.0 Å². The van der Waals surface area contributed by atoms with Gasteiger partial charge in [-0.15, -0.1) is 0 Å². The minimum absolute atomic E-state index is 0.0562. The first kappa shape index (κ1) is 89.6. The normalized spacial score (nSPS) is 14.5. The van der Waals surface area contributed by atoms with Crippen molar-refractivity contribution in [1.29, 1.82) is 0 Å². The number of rotatable bonds is 40. The van der Waals surface area contributed by atoms with Gasteiger partial charge in [0.1, 0.15) is 59.1 Å². The van der Waals surface area contributed by atoms with Gasteiger partial charge < -0.3 is 99.9 Å². The SMILES string of the molecule is CCc1cc(OC)ccc1-c1ccc(C[C@H](NC(=O)[C@H](CC(=O)O)NC(=O)[C@H](CO)NC(=O)[C@@H](NC(=O)[C@](C)(Cc2c(F)c(F)c(F)c(F)c2F)NC(=O)[C@@H](NC(=O)CNC(=O)[C@H](CC(=O)O)NC(=O)C(C)(C)NC(=O)[C@@H](N)Cc2cnc[nH]2)[C@@H](C)O)[C@@H](C)O)C(=O)N[C@@H](Cc2ccc(-c3ccccc3C)cc2)C(N)=O)cc1. The van der Waals surface area contributed by atoms with Crippen molar-refractivity contribution in [3.63, 3.8) is 0 Å². The third-order valence-corrected chi connectivity index (χ3v) is 18.0. The van der Waals surface area contributed by atoms with E-state index in [1.165, 1.54) is 33.5 Å². The van der Waals surface area contributed by atoms with Gasteiger partial charge in [-0.25, -0.2) is 26.9 Å². The Morgan fingerprint density at radius 2 is 1.07 bits per heavy atom. The third-order valence-electron chi connectivity index (χ3n) is 18.0. The summed E-state index contributed by atoms with van der Waals surface area (Å²) in [6.07, 6.45) is -5.69. The first-order chi connectivity index (χ1) is 53.1. The Labute approximate surface area is 643 Å². The molecule has 0 aliphatic carbocycles. The van der Waals surface area contributed by atoms with Gasteiger partial charge in [0.2, 0.25) is 70.8 Å². The molecule has 20 N–H and O–H groups in total. The predicted molar refractivity (Wildman–Crippen MR) is 391 cm³/mol. The van der Waals surface area contributed by atoms with Gasteiger partial charge in [-0.1, -0.05) is 85.8 Å². The number of hydrogen-bond acceptors (Lipinski definition) is 19. The van der Waals surface area contributed by atoms with E-state index in [2.05, 4.69) is 36.6 Å². The molecule has 1 heterocycles. The van der Waals surface area contributed by atoms with E-state index in [1.54, 1.807) is 54.6 Å². The van der Waals surface area contributed by atoms with E-state index in [0.29, 0.717) is 35.9 Å². The molecular formula is C75H89F5N14O19. The molecule has 1 aromatic heterocycles. The van der Waals surface area contributed by atoms with Crippen LogP contribution in [-0.4, -0.2) is 204 Å². The minimum atomic E-state index is -3.16. The molecule has 6 rings (SSSR count). The van der Waals surface area contributed by atoms with E-state index in [1.807, 2.05) is 76.8 Å². The Hall–Kier alpha value is -12.3. The van der Waals surface area contributed by atoms with Crippen molar-refractivity contribution in [2.75, 3.05) is 20.3 Å². The van der Waals surface area contributed by atoms with Crippen molar-refractivity contribution < 1.29 is 115 Å². The molecule has 0 bridgehead atoms. The number of aromatic nitrogens is 2. The number of nitrogens with two attached hydrogens (primary N) is 2. The maximum atomic E-state index is 15.6. The zero-order valence-electron chi connectivity index (χ0n) is 62.4. The smallest absolute Gasteiger partial charge is 0.305 e. The van der Waals surface area contributed by atoms with Gasteiger partial charge in [-0.3, -0.25) is 62.3 Å². The molecule has 0 fully saturated rings. The highest BCUT2D eigenvalue weighted by molar-refractivity contribution is 6.01. The van der Waals surface area contributed by atoms with Crippen LogP contribution in [-0.2, 0) is 94.4 Å². The predicted octanol–water partition coefficient (Wildman–Crippen LogP) is -0.615. The molecule has 5 aromatic carbocycles. The van der Waals surface area contributed by atoms with Crippen molar-refractivity contribution in [2.24, 2.45) is 11.5 Å². The summed E-state index contributed by atoms with van der Waals surface area (Å²) in [5.74, 6) is -30.7. The molecule has 0 unspecified atom stereocenters. The maximum absolute atomic E-state index is 15.6. The Morgan fingerprint density at radius 1 is 0.566 bits per heavy atom. The Balaban J connectivity index is 1.21. The molecule has 11 amide bonds. The van der Waals surface area contributed by atoms with Gasteiger partial charge in [0.25, 0.3) is 0 Å². The van der Waals surface area contributed by atoms with Crippen LogP contribution in [0.25, 0.3) is 22.3 Å². The summed E-state index contributed by atoms with van der Waals surface area (Å²) in [6, 6.07) is 11.2. The van der Waals surface area contributed by atoms with Gasteiger partial charge in [0.15, 0.2) is 23.3 Å². The second-order valence-electron chi connectivity index (χ2n) is 27.3. The number of aliphatic hydroxyl groups excluding tert-OH is 3. The molecule has 0 saturated heterocycles. The molecule has 0 spiro atoms. The van der Waals surface area contributed by atoms with Crippen LogP contribution < -0.4 is 69.4 Å². The highest BCUT2D eigenvalue weighted by Gasteiger charge is 2.45. The number of carbonyl (C=O) groups excluding carboxylic acids is 11. The lowest BCUT2D eigenvalue weighted by molar-refractivity contribution is -0.142. The molecule has 0 aliphatic rings. The zero-order chi connectivity index (χ0) is 84.1. The van der Waals surface area contributed by atoms with Crippen molar-refractivity contribution in [2.45, 2.75) is 165 Å². The second-order valence-corrected chi connectivity index (χ2v) is 27.3. The van der Waals surface area contributed by atoms with Crippen molar-refractivity contribution in [3.8, 4) is 28.0 Å². The topological polar surface area (TPSA) is 533 Å². The van der Waals surface area contributed by atoms with E-state index < -0.39 is 216 Å². The number of aliphatic hydroxyl groups is 3. The fraction of sp³-hybridized carbons (Fsp3) is 0.387. The Bertz CT molecular complexity index is 4470. The number of benzene rings is 5. The number of methoxy groups -OCH3 is 1. The molecule has 113 heavy (non-hydrogen) atoms. The lowest BCUT2D eigenvalue weighted by Gasteiger charge is -2.34. The van der Waals surface area contributed by atoms with E-state index in [0.717, 1.165) is 47.2 Å². The number of nitrogens with zero attached hydrogens (tertiary/aromatic N) is 1. The molecule has 6 aromatic rings. The van der Waals surface area contributed by atoms with Crippen LogP contribution in [0.15, 0.2) is 104 Å². The van der Waals surface area contributed by atoms with Gasteiger partial charge in [0.05, 0.1) is 57.7 Å². The summed E-state index contributed by atoms with van der Waals surface area (Å²) in [7, 11) is 1.52. The summed E-state index contributed by atoms with van der Waals surface area (Å²) >= 11 is 0. The number of hydrogen-bond donors (Lipinski definition) is 18. The van der Waals surface area contributed by atoms with E-state index in [-0.39, 0.29) is 19.3 Å². The highest BCUT2D eigenvalue weighted by atomic mass is 19.2. The molecule has 0 radical (unpaired) electrons. The fourth-order valence-electron chi connectivity index (χ4n) is 11.6. The Morgan fingerprint density at radius 3 is 1.59 bits per heavy atom. The largest absolute Gasteiger partial charge is 0.497 e. The molecule has 608 valence electrons. The lowest BCUT2D eigenvalue weighted by Crippen LogP contribution is -2.67. The van der Waals surface area contributed by atoms with Crippen molar-refractivity contribution >= 4 is 76.9 Å². The lowest BCUT2D eigenvalue weighted by atomic mass is 9.89. The van der Waals surface area contributed by atoms with Gasteiger partial charge in [-0.05, 0) is 105 Å². The van der Waals surface area contributed by atoms with E-state index >= 15 is 8.78 Å². The molecule has 11 atom stereocenters. The van der Waals surface area contributed by atoms with Gasteiger partial charge in [-0.2, -0.15) is 0 Å². The number of aromatic amines is 1. The molecule has 0 aliphatic heterocycles. The zero-order valence-corrected chi connectivity index (χ0v) is 62.4. The molecule has 0 saturated carbocycles. The number of imidazole rings is 1. The summed E-state index contributed by atoms with van der Waals surface area (Å²) in [4.78, 5) is 183. The quantitative estimate of drug-likeness (QED) is 0.0130. The summed E-state index contributed by atoms with van der Waals surface area (Å²) in [5, 5.41) is 73.2. The van der Waals surface area contributed by atoms with Crippen LogP contribution in [0, 0.1) is 36.0 Å². The average molecular weight is 1590 g/mol. The number of carboxylic acid groups (broad SMARTS) is 2. The van der Waals surface area contributed by atoms with Crippen molar-refractivity contribution in [1.82, 2.24) is 63.1 Å². The van der Waals surface area contributed by atoms with Crippen LogP contribution >= 0.6 is 0 Å². The number of H-pyrrole nitrogens is 1. The standard InChI is InChI=1S/C75H89F5N14O19/c1-9-40-26-44(113-8)22-23-46(40)42-20-16-39(17-21-42)25-50(67(106)86-49(64(82)103)24-38-14-18-41(19-15-38)45-13-11-10-12-35(45)2)87-68(107)52(29-56(101)102)88-69(108)53(33-95)89-70(109)62(36(3)96)92-73(112)75(7,30-47-57(76)59(78)61(80)60(79)58(47)77)94-71(110)63(37(4)97)91-54(98)32-84-66(105)51(28-55(99)100)90-72(111)74(5,6)93-65(104)48(81)27-43-31-83-34-85-43/h10-23,26,31,34,36-37,48-53,62-63,95-97H,9,24-25,27-30,32-33,81H2,1-8H3,(H2,82,103)(H,83,85)(H,84,105)(H,86,106)(H,87,107)(H,88,108)(H,89,109)(H,90,111)(H,91,98)(H,92,112)(H,93,104)(H,94,110)(H,99,100)(H,101,102)/t36-,37-,48+,49+,50+,51+,52+,53+,62+,63+,75+/m1/s1. The first-order valence-corrected chi connectivity index (χ1v) is 35.0. The van der Waals surface area contributed by atoms with Crippen LogP contribution in [0.2, 0.25) is 0 Å². The van der Waals surface area contributed by atoms with Crippen LogP contribution in [0.5, 0.6) is 5.75 Å². The van der Waals surface area contributed by atoms with Crippen LogP contribution in [0.1, 0.15) is 87.9 Å². The number of nitrogens with one attached hydrogen (secondary N) is 11. The molecule has 38 heteroatoms. The van der Waals surface area contributed by atoms with E-state index in [9.17, 15) is 101 Å². The average Bonchev–Trinajstić information content (AvgIpc) is 1.21. The van der Waals surface area contributed by atoms with Crippen LogP contribution in [0.3, 0.4) is 0 Å². The van der Waals surface area contributed by atoms with Gasteiger partial charge >= 0.3 is 11.9 Å². The molecule has 33 nitrogen and oxygen atoms in total. The molecular weight excluding hydrogens is 1500 g/mol. The van der Waals surface area contributed by atoms with Gasteiger partial charge in [0, 0.05) is 43.1 Å². The number of amides is 11. The second kappa shape index (κ2) is 40.1. The number of carboxylic acids is 2. The number of carbonyl (C=O) groups is 13. The maximum Gasteiger partial charge on any atom is 0.305 e. The highest BCUT2D eigenvalue weighted by Crippen LogP contribution is 2.31. The summed E-state index contributed by atoms with van der Waals surface area (Å²) in [5.41, 5.74) is 11.6. The number of aryl methyl sites for hydroxylation is 2. The first-order valence-electron chi connectivity index (χ1n) is 35.0. The number of aliphatic carboxylic acids is 2. The monoisotopic (exact) mass is 1580 g/mol. The van der Waals surface area contributed by atoms with E-state index in [4.69, 9.17) is 16.2 Å². The third kappa shape index (κ3) is 24.6. The minimum Gasteiger partial charge on any atom is -0.497 e. The van der Waals surface area contributed by atoms with Crippen molar-refractivity contribution in [3.05, 3.63) is 166 Å². The summed E-state index contributed by atoms with van der Waals surface area (Å²) < 4.78 is 80.6. The number of primary amides is 1. The fourth-order valence-corrected chi connectivity index (χ4v) is 11.6.